The topological polar surface area (TPSA) is 87.5 Å². The normalized spacial score (nSPS) is 21.5. The Bertz CT molecular complexity index is 783. The number of nitriles is 1. The molecular weight excluding hydrogens is 388 g/mol. The fourth-order valence-electron chi connectivity index (χ4n) is 4.25. The average molecular weight is 417 g/mol. The second-order valence-corrected chi connectivity index (χ2v) is 8.68. The number of anilines is 1. The van der Waals surface area contributed by atoms with E-state index in [0.717, 1.165) is 69.6 Å². The van der Waals surface area contributed by atoms with E-state index in [0.29, 0.717) is 30.3 Å². The van der Waals surface area contributed by atoms with Gasteiger partial charge in [0.25, 0.3) is 0 Å². The zero-order valence-electron chi connectivity index (χ0n) is 16.7. The van der Waals surface area contributed by atoms with Crippen molar-refractivity contribution in [3.05, 3.63) is 16.7 Å². The van der Waals surface area contributed by atoms with Crippen LogP contribution in [0.2, 0.25) is 0 Å². The monoisotopic (exact) mass is 416 g/mol. The molecule has 4 rings (SSSR count). The molecule has 0 aromatic carbocycles. The standard InChI is InChI=1S/C21H28N4O3S/c22-12-18-16-5-1-2-6-17(16)20(25-7-10-27-11-8-25)24-21(18)29-14-19(26)23-13-15-4-3-9-28-15/h15H,1-11,13-14H2,(H,23,26)/t15-/m0/s1. The average Bonchev–Trinajstić information content (AvgIpc) is 3.29. The van der Waals surface area contributed by atoms with Gasteiger partial charge < -0.3 is 19.7 Å². The first-order valence-corrected chi connectivity index (χ1v) is 11.5. The summed E-state index contributed by atoms with van der Waals surface area (Å²) in [6.45, 7) is 4.37. The molecule has 3 aliphatic rings. The van der Waals surface area contributed by atoms with E-state index in [1.54, 1.807) is 0 Å². The number of nitrogens with zero attached hydrogens (tertiary/aromatic N) is 3. The van der Waals surface area contributed by atoms with Crippen LogP contribution in [0.3, 0.4) is 0 Å². The zero-order chi connectivity index (χ0) is 20.1. The van der Waals surface area contributed by atoms with Gasteiger partial charge in [-0.1, -0.05) is 11.8 Å². The van der Waals surface area contributed by atoms with E-state index in [-0.39, 0.29) is 17.8 Å². The van der Waals surface area contributed by atoms with E-state index < -0.39 is 0 Å². The molecule has 0 saturated carbocycles. The van der Waals surface area contributed by atoms with Gasteiger partial charge in [0.2, 0.25) is 5.91 Å². The maximum atomic E-state index is 12.3. The van der Waals surface area contributed by atoms with Gasteiger partial charge in [-0.05, 0) is 49.7 Å². The predicted octanol–water partition coefficient (Wildman–Crippen LogP) is 2.06. The van der Waals surface area contributed by atoms with E-state index in [2.05, 4.69) is 16.3 Å². The number of hydrogen-bond acceptors (Lipinski definition) is 7. The third kappa shape index (κ3) is 4.85. The minimum Gasteiger partial charge on any atom is -0.378 e. The molecule has 156 valence electrons. The summed E-state index contributed by atoms with van der Waals surface area (Å²) < 4.78 is 11.1. The van der Waals surface area contributed by atoms with Gasteiger partial charge in [-0.2, -0.15) is 5.26 Å². The molecular formula is C21H28N4O3S. The van der Waals surface area contributed by atoms with Crippen LogP contribution >= 0.6 is 11.8 Å². The molecule has 1 N–H and O–H groups in total. The van der Waals surface area contributed by atoms with Gasteiger partial charge in [-0.25, -0.2) is 4.98 Å². The number of aromatic nitrogens is 1. The van der Waals surface area contributed by atoms with Gasteiger partial charge in [0.05, 0.1) is 30.6 Å². The highest BCUT2D eigenvalue weighted by Gasteiger charge is 2.26. The first-order chi connectivity index (χ1) is 14.3. The number of hydrogen-bond donors (Lipinski definition) is 1. The number of carbonyl (C=O) groups is 1. The molecule has 1 atom stereocenters. The minimum absolute atomic E-state index is 0.0400. The second kappa shape index (κ2) is 9.79. The van der Waals surface area contributed by atoms with Crippen LogP contribution in [0.25, 0.3) is 0 Å². The van der Waals surface area contributed by atoms with E-state index in [4.69, 9.17) is 14.5 Å². The van der Waals surface area contributed by atoms with Gasteiger partial charge in [0.15, 0.2) is 0 Å². The molecule has 2 fully saturated rings. The van der Waals surface area contributed by atoms with Crippen molar-refractivity contribution in [1.82, 2.24) is 10.3 Å². The number of nitrogens with one attached hydrogen (secondary N) is 1. The summed E-state index contributed by atoms with van der Waals surface area (Å²) in [5, 5.41) is 13.5. The molecule has 0 unspecified atom stereocenters. The highest BCUT2D eigenvalue weighted by Crippen LogP contribution is 2.36. The lowest BCUT2D eigenvalue weighted by Gasteiger charge is -2.32. The molecule has 1 aromatic rings. The van der Waals surface area contributed by atoms with Crippen molar-refractivity contribution in [3.8, 4) is 6.07 Å². The maximum Gasteiger partial charge on any atom is 0.230 e. The molecule has 1 aliphatic carbocycles. The number of amides is 1. The lowest BCUT2D eigenvalue weighted by Crippen LogP contribution is -2.38. The number of fused-ring (bicyclic) bond motifs is 1. The lowest BCUT2D eigenvalue weighted by molar-refractivity contribution is -0.119. The van der Waals surface area contributed by atoms with Crippen LogP contribution in [0.4, 0.5) is 5.82 Å². The fraction of sp³-hybridized carbons (Fsp3) is 0.667. The summed E-state index contributed by atoms with van der Waals surface area (Å²) >= 11 is 1.37. The molecule has 0 radical (unpaired) electrons. The van der Waals surface area contributed by atoms with Crippen LogP contribution in [-0.2, 0) is 27.1 Å². The Morgan fingerprint density at radius 3 is 2.72 bits per heavy atom. The van der Waals surface area contributed by atoms with Crippen molar-refractivity contribution in [2.45, 2.75) is 49.7 Å². The van der Waals surface area contributed by atoms with Gasteiger partial charge in [-0.15, -0.1) is 0 Å². The molecule has 2 saturated heterocycles. The Balaban J connectivity index is 1.50. The SMILES string of the molecule is N#Cc1c(SCC(=O)NC[C@@H]2CCCO2)nc(N2CCOCC2)c2c1CCCC2. The van der Waals surface area contributed by atoms with Crippen LogP contribution in [0.1, 0.15) is 42.4 Å². The Labute approximate surface area is 176 Å². The van der Waals surface area contributed by atoms with Gasteiger partial charge in [-0.3, -0.25) is 4.79 Å². The molecule has 8 heteroatoms. The predicted molar refractivity (Wildman–Crippen MR) is 111 cm³/mol. The van der Waals surface area contributed by atoms with Crippen LogP contribution in [0.15, 0.2) is 5.03 Å². The van der Waals surface area contributed by atoms with Crippen LogP contribution < -0.4 is 10.2 Å². The van der Waals surface area contributed by atoms with Crippen LogP contribution in [0, 0.1) is 11.3 Å². The first kappa shape index (κ1) is 20.5. The number of pyridine rings is 1. The fourth-order valence-corrected chi connectivity index (χ4v) is 5.09. The van der Waals surface area contributed by atoms with E-state index in [1.807, 2.05) is 0 Å². The molecule has 0 bridgehead atoms. The van der Waals surface area contributed by atoms with Gasteiger partial charge >= 0.3 is 0 Å². The number of ether oxygens (including phenoxy) is 2. The van der Waals surface area contributed by atoms with Crippen molar-refractivity contribution >= 4 is 23.5 Å². The molecule has 0 spiro atoms. The van der Waals surface area contributed by atoms with E-state index in [1.165, 1.54) is 17.3 Å². The largest absolute Gasteiger partial charge is 0.378 e. The number of rotatable bonds is 6. The first-order valence-electron chi connectivity index (χ1n) is 10.6. The second-order valence-electron chi connectivity index (χ2n) is 7.72. The number of carbonyl (C=O) groups excluding carboxylic acids is 1. The summed E-state index contributed by atoms with van der Waals surface area (Å²) in [6.07, 6.45) is 6.31. The Morgan fingerprint density at radius 1 is 1.21 bits per heavy atom. The summed E-state index contributed by atoms with van der Waals surface area (Å²) in [4.78, 5) is 19.5. The van der Waals surface area contributed by atoms with Gasteiger partial charge in [0, 0.05) is 26.2 Å². The van der Waals surface area contributed by atoms with E-state index >= 15 is 0 Å². The van der Waals surface area contributed by atoms with Crippen molar-refractivity contribution < 1.29 is 14.3 Å². The summed E-state index contributed by atoms with van der Waals surface area (Å²) in [5.41, 5.74) is 3.02. The highest BCUT2D eigenvalue weighted by molar-refractivity contribution is 8.00. The maximum absolute atomic E-state index is 12.3. The molecule has 2 aliphatic heterocycles. The van der Waals surface area contributed by atoms with Crippen LogP contribution in [0.5, 0.6) is 0 Å². The summed E-state index contributed by atoms with van der Waals surface area (Å²) in [5.74, 6) is 1.21. The minimum atomic E-state index is -0.0400. The molecule has 3 heterocycles. The number of thioether (sulfide) groups is 1. The number of morpholine rings is 1. The molecule has 1 amide bonds. The van der Waals surface area contributed by atoms with Crippen molar-refractivity contribution in [3.63, 3.8) is 0 Å². The Hall–Kier alpha value is -1.82. The van der Waals surface area contributed by atoms with E-state index in [9.17, 15) is 10.1 Å². The Kier molecular flexibility index (Phi) is 6.90. The highest BCUT2D eigenvalue weighted by atomic mass is 32.2. The quantitative estimate of drug-likeness (QED) is 0.710. The molecule has 1 aromatic heterocycles. The smallest absolute Gasteiger partial charge is 0.230 e. The lowest BCUT2D eigenvalue weighted by atomic mass is 9.89. The van der Waals surface area contributed by atoms with Crippen molar-refractivity contribution in [1.29, 1.82) is 5.26 Å². The summed E-state index contributed by atoms with van der Waals surface area (Å²) in [6, 6.07) is 2.38. The van der Waals surface area contributed by atoms with Crippen molar-refractivity contribution in [2.75, 3.05) is 50.1 Å². The Morgan fingerprint density at radius 2 is 2.00 bits per heavy atom. The van der Waals surface area contributed by atoms with Crippen molar-refractivity contribution in [2.24, 2.45) is 0 Å². The summed E-state index contributed by atoms with van der Waals surface area (Å²) in [7, 11) is 0. The molecule has 29 heavy (non-hydrogen) atoms. The third-order valence-electron chi connectivity index (χ3n) is 5.77. The zero-order valence-corrected chi connectivity index (χ0v) is 17.6. The third-order valence-corrected chi connectivity index (χ3v) is 6.75. The van der Waals surface area contributed by atoms with Gasteiger partial charge in [0.1, 0.15) is 16.9 Å². The molecule has 7 nitrogen and oxygen atoms in total. The van der Waals surface area contributed by atoms with Crippen LogP contribution in [-0.4, -0.2) is 62.2 Å².